The number of hydrogen-bond acceptors (Lipinski definition) is 4. The molecule has 0 aromatic heterocycles. The minimum absolute atomic E-state index is 0.179. The average Bonchev–Trinajstić information content (AvgIpc) is 2.23. The van der Waals surface area contributed by atoms with Crippen molar-refractivity contribution < 1.29 is 18.8 Å². The molecule has 1 aromatic carbocycles. The van der Waals surface area contributed by atoms with Gasteiger partial charge in [-0.3, -0.25) is 10.1 Å². The molecule has 5 nitrogen and oxygen atoms in total. The number of nitrogens with zero attached hydrogens (tertiary/aromatic N) is 1. The summed E-state index contributed by atoms with van der Waals surface area (Å²) in [4.78, 5) is 21.4. The van der Waals surface area contributed by atoms with Gasteiger partial charge >= 0.3 is 5.97 Å². The van der Waals surface area contributed by atoms with E-state index in [0.717, 1.165) is 37.5 Å². The standard InChI is InChI=1S/C11H10FNO4/c12-10-5-4-7(13(15)16)6-9(10)11(14)17-8-2-1-3-8/h4-6,8H,1-3H2. The first-order valence-corrected chi connectivity index (χ1v) is 5.23. The fraction of sp³-hybridized carbons (Fsp3) is 0.364. The fourth-order valence-electron chi connectivity index (χ4n) is 1.49. The molecule has 90 valence electrons. The van der Waals surface area contributed by atoms with Gasteiger partial charge < -0.3 is 4.74 Å². The second-order valence-corrected chi connectivity index (χ2v) is 3.88. The van der Waals surface area contributed by atoms with E-state index in [-0.39, 0.29) is 17.4 Å². The van der Waals surface area contributed by atoms with Crippen LogP contribution in [-0.4, -0.2) is 17.0 Å². The van der Waals surface area contributed by atoms with Crippen LogP contribution in [0.4, 0.5) is 10.1 Å². The number of esters is 1. The first kappa shape index (κ1) is 11.5. The quantitative estimate of drug-likeness (QED) is 0.461. The van der Waals surface area contributed by atoms with Gasteiger partial charge in [-0.15, -0.1) is 0 Å². The Morgan fingerprint density at radius 1 is 1.47 bits per heavy atom. The molecule has 1 aliphatic rings. The molecular weight excluding hydrogens is 229 g/mol. The fourth-order valence-corrected chi connectivity index (χ4v) is 1.49. The molecule has 1 aromatic rings. The number of non-ortho nitro benzene ring substituents is 1. The number of ether oxygens (including phenoxy) is 1. The third kappa shape index (κ3) is 2.41. The highest BCUT2D eigenvalue weighted by molar-refractivity contribution is 5.90. The van der Waals surface area contributed by atoms with E-state index in [2.05, 4.69) is 0 Å². The van der Waals surface area contributed by atoms with E-state index >= 15 is 0 Å². The summed E-state index contributed by atoms with van der Waals surface area (Å²) in [5.41, 5.74) is -0.710. The zero-order valence-electron chi connectivity index (χ0n) is 8.89. The van der Waals surface area contributed by atoms with E-state index in [4.69, 9.17) is 4.74 Å². The molecule has 0 aliphatic heterocycles. The summed E-state index contributed by atoms with van der Waals surface area (Å²) in [6.45, 7) is 0. The number of nitro benzene ring substituents is 1. The molecule has 0 heterocycles. The monoisotopic (exact) mass is 239 g/mol. The first-order chi connectivity index (χ1) is 8.08. The van der Waals surface area contributed by atoms with Gasteiger partial charge in [0.15, 0.2) is 0 Å². The lowest BCUT2D eigenvalue weighted by Gasteiger charge is -2.25. The van der Waals surface area contributed by atoms with Crippen LogP contribution in [0.3, 0.4) is 0 Å². The van der Waals surface area contributed by atoms with E-state index in [0.29, 0.717) is 0 Å². The minimum Gasteiger partial charge on any atom is -0.459 e. The number of carbonyl (C=O) groups is 1. The maximum absolute atomic E-state index is 13.3. The first-order valence-electron chi connectivity index (χ1n) is 5.23. The van der Waals surface area contributed by atoms with Crippen molar-refractivity contribution in [2.24, 2.45) is 0 Å². The van der Waals surface area contributed by atoms with Crippen LogP contribution in [0.2, 0.25) is 0 Å². The number of benzene rings is 1. The number of rotatable bonds is 3. The number of halogens is 1. The van der Waals surface area contributed by atoms with Crippen molar-refractivity contribution in [3.8, 4) is 0 Å². The van der Waals surface area contributed by atoms with Crippen LogP contribution < -0.4 is 0 Å². The van der Waals surface area contributed by atoms with Gasteiger partial charge in [-0.25, -0.2) is 9.18 Å². The van der Waals surface area contributed by atoms with Gasteiger partial charge in [-0.05, 0) is 25.3 Å². The smallest absolute Gasteiger partial charge is 0.341 e. The van der Waals surface area contributed by atoms with E-state index in [1.54, 1.807) is 0 Å². The lowest BCUT2D eigenvalue weighted by Crippen LogP contribution is -2.25. The minimum atomic E-state index is -0.837. The van der Waals surface area contributed by atoms with Crippen molar-refractivity contribution >= 4 is 11.7 Å². The Morgan fingerprint density at radius 2 is 2.18 bits per heavy atom. The predicted octanol–water partition coefficient (Wildman–Crippen LogP) is 2.44. The maximum atomic E-state index is 13.3. The Balaban J connectivity index is 2.20. The lowest BCUT2D eigenvalue weighted by atomic mass is 9.96. The molecule has 1 aliphatic carbocycles. The summed E-state index contributed by atoms with van der Waals surface area (Å²) in [6.07, 6.45) is 2.33. The van der Waals surface area contributed by atoms with Crippen LogP contribution in [0, 0.1) is 15.9 Å². The highest BCUT2D eigenvalue weighted by Gasteiger charge is 2.25. The summed E-state index contributed by atoms with van der Waals surface area (Å²) in [5.74, 6) is -1.64. The molecule has 1 saturated carbocycles. The molecule has 6 heteroatoms. The van der Waals surface area contributed by atoms with Crippen LogP contribution in [0.5, 0.6) is 0 Å². The average molecular weight is 239 g/mol. The molecule has 0 radical (unpaired) electrons. The molecule has 0 N–H and O–H groups in total. The molecule has 1 fully saturated rings. The van der Waals surface area contributed by atoms with E-state index in [1.807, 2.05) is 0 Å². The van der Waals surface area contributed by atoms with Gasteiger partial charge in [-0.2, -0.15) is 0 Å². The van der Waals surface area contributed by atoms with Gasteiger partial charge in [0.25, 0.3) is 5.69 Å². The number of hydrogen-bond donors (Lipinski definition) is 0. The van der Waals surface area contributed by atoms with Gasteiger partial charge in [0.2, 0.25) is 0 Å². The van der Waals surface area contributed by atoms with E-state index < -0.39 is 16.7 Å². The van der Waals surface area contributed by atoms with Crippen LogP contribution in [0.25, 0.3) is 0 Å². The van der Waals surface area contributed by atoms with E-state index in [1.165, 1.54) is 0 Å². The second-order valence-electron chi connectivity index (χ2n) is 3.88. The molecule has 0 atom stereocenters. The number of carbonyl (C=O) groups excluding carboxylic acids is 1. The van der Waals surface area contributed by atoms with Crippen molar-refractivity contribution in [2.45, 2.75) is 25.4 Å². The zero-order valence-corrected chi connectivity index (χ0v) is 8.89. The van der Waals surface area contributed by atoms with Crippen LogP contribution in [0.15, 0.2) is 18.2 Å². The molecule has 17 heavy (non-hydrogen) atoms. The zero-order chi connectivity index (χ0) is 12.4. The van der Waals surface area contributed by atoms with Crippen molar-refractivity contribution in [1.29, 1.82) is 0 Å². The largest absolute Gasteiger partial charge is 0.459 e. The summed E-state index contributed by atoms with van der Waals surface area (Å²) < 4.78 is 18.3. The van der Waals surface area contributed by atoms with Gasteiger partial charge in [0.1, 0.15) is 17.5 Å². The summed E-state index contributed by atoms with van der Waals surface area (Å²) in [5, 5.41) is 10.5. The summed E-state index contributed by atoms with van der Waals surface area (Å²) in [7, 11) is 0. The van der Waals surface area contributed by atoms with Crippen molar-refractivity contribution in [2.75, 3.05) is 0 Å². The summed E-state index contributed by atoms with van der Waals surface area (Å²) >= 11 is 0. The van der Waals surface area contributed by atoms with Crippen LogP contribution in [-0.2, 0) is 4.74 Å². The van der Waals surface area contributed by atoms with Gasteiger partial charge in [0.05, 0.1) is 4.92 Å². The Morgan fingerprint density at radius 3 is 2.71 bits per heavy atom. The molecule has 0 unspecified atom stereocenters. The van der Waals surface area contributed by atoms with Gasteiger partial charge in [0, 0.05) is 12.1 Å². The molecular formula is C11H10FNO4. The second kappa shape index (κ2) is 4.48. The normalized spacial score (nSPS) is 15.1. The highest BCUT2D eigenvalue weighted by atomic mass is 19.1. The Hall–Kier alpha value is -1.98. The third-order valence-corrected chi connectivity index (χ3v) is 2.71. The van der Waals surface area contributed by atoms with Crippen molar-refractivity contribution in [1.82, 2.24) is 0 Å². The Kier molecular flexibility index (Phi) is 3.03. The van der Waals surface area contributed by atoms with Gasteiger partial charge in [-0.1, -0.05) is 0 Å². The van der Waals surface area contributed by atoms with E-state index in [9.17, 15) is 19.3 Å². The molecule has 0 bridgehead atoms. The molecule has 0 saturated heterocycles. The van der Waals surface area contributed by atoms with Crippen LogP contribution >= 0.6 is 0 Å². The van der Waals surface area contributed by atoms with Crippen molar-refractivity contribution in [3.05, 3.63) is 39.7 Å². The highest BCUT2D eigenvalue weighted by Crippen LogP contribution is 2.24. The summed E-state index contributed by atoms with van der Waals surface area (Å²) in [6, 6.07) is 2.81. The van der Waals surface area contributed by atoms with Crippen molar-refractivity contribution in [3.63, 3.8) is 0 Å². The third-order valence-electron chi connectivity index (χ3n) is 2.71. The number of nitro groups is 1. The maximum Gasteiger partial charge on any atom is 0.341 e. The molecule has 0 spiro atoms. The predicted molar refractivity (Wildman–Crippen MR) is 56.1 cm³/mol. The Bertz CT molecular complexity index is 471. The molecule has 0 amide bonds. The Labute approximate surface area is 96.3 Å². The SMILES string of the molecule is O=C(OC1CCC1)c1cc([N+](=O)[O-])ccc1F. The topological polar surface area (TPSA) is 69.4 Å². The molecule has 2 rings (SSSR count). The van der Waals surface area contributed by atoms with Crippen LogP contribution in [0.1, 0.15) is 29.6 Å². The lowest BCUT2D eigenvalue weighted by molar-refractivity contribution is -0.384.